The first-order chi connectivity index (χ1) is 14.8. The number of carbonyl (C=O) groups excluding carboxylic acids is 1. The van der Waals surface area contributed by atoms with Crippen LogP contribution in [0.2, 0.25) is 0 Å². The second kappa shape index (κ2) is 8.89. The predicted octanol–water partition coefficient (Wildman–Crippen LogP) is 8.33. The molecule has 0 unspecified atom stereocenters. The van der Waals surface area contributed by atoms with Gasteiger partial charge in [0.2, 0.25) is 0 Å². The topological polar surface area (TPSA) is 26.3 Å². The maximum atomic E-state index is 11.5. The Morgan fingerprint density at radius 1 is 0.719 bits per heavy atom. The van der Waals surface area contributed by atoms with E-state index in [0.29, 0.717) is 6.42 Å². The fourth-order valence-corrected chi connectivity index (χ4v) is 5.19. The van der Waals surface area contributed by atoms with Gasteiger partial charge < -0.3 is 4.74 Å². The van der Waals surface area contributed by atoms with Gasteiger partial charge in [0, 0.05) is 6.42 Å². The third-order valence-electron chi connectivity index (χ3n) is 6.74. The number of esters is 1. The van der Waals surface area contributed by atoms with E-state index in [1.807, 2.05) is 0 Å². The molecule has 0 saturated carbocycles. The van der Waals surface area contributed by atoms with E-state index in [1.165, 1.54) is 39.8 Å². The Morgan fingerprint density at radius 3 is 1.72 bits per heavy atom. The van der Waals surface area contributed by atoms with Crippen LogP contribution in [0.25, 0.3) is 21.5 Å². The lowest BCUT2D eigenvalue weighted by Crippen LogP contribution is -2.24. The molecule has 32 heavy (non-hydrogen) atoms. The van der Waals surface area contributed by atoms with E-state index in [4.69, 9.17) is 4.74 Å². The Bertz CT molecular complexity index is 1110. The lowest BCUT2D eigenvalue weighted by molar-refractivity contribution is -0.140. The quantitative estimate of drug-likeness (QED) is 0.277. The minimum absolute atomic E-state index is 0.00766. The van der Waals surface area contributed by atoms with E-state index < -0.39 is 0 Å². The maximum Gasteiger partial charge on any atom is 0.305 e. The van der Waals surface area contributed by atoms with Crippen molar-refractivity contribution in [3.8, 4) is 0 Å². The van der Waals surface area contributed by atoms with Crippen LogP contribution in [0.5, 0.6) is 0 Å². The first-order valence-corrected chi connectivity index (χ1v) is 11.9. The molecule has 0 radical (unpaired) electrons. The number of hydrogen-bond acceptors (Lipinski definition) is 2. The second-order valence-corrected chi connectivity index (χ2v) is 11.9. The first-order valence-electron chi connectivity index (χ1n) is 11.9. The van der Waals surface area contributed by atoms with Crippen LogP contribution in [0.15, 0.2) is 48.5 Å². The molecule has 0 saturated heterocycles. The molecule has 0 aliphatic carbocycles. The van der Waals surface area contributed by atoms with Gasteiger partial charge in [-0.15, -0.1) is 0 Å². The van der Waals surface area contributed by atoms with Crippen molar-refractivity contribution in [3.63, 3.8) is 0 Å². The molecule has 0 bridgehead atoms. The number of methoxy groups -OCH3 is 1. The number of rotatable bonds is 7. The second-order valence-electron chi connectivity index (χ2n) is 11.9. The molecule has 172 valence electrons. The van der Waals surface area contributed by atoms with E-state index in [1.54, 1.807) is 0 Å². The Labute approximate surface area is 194 Å². The summed E-state index contributed by atoms with van der Waals surface area (Å²) in [5.74, 6) is -0.129. The van der Waals surface area contributed by atoms with Crippen LogP contribution in [0.3, 0.4) is 0 Å². The summed E-state index contributed by atoms with van der Waals surface area (Å²) < 4.78 is 4.79. The molecular formula is C30H40O2. The maximum absolute atomic E-state index is 11.5. The summed E-state index contributed by atoms with van der Waals surface area (Å²) in [6.45, 7) is 16.2. The van der Waals surface area contributed by atoms with E-state index in [-0.39, 0.29) is 22.2 Å². The molecule has 3 aromatic carbocycles. The average molecular weight is 433 g/mol. The SMILES string of the molecule is COC(=O)CCCC(C)(C)c1ccc2cc3ccc(C(C)(C)CC(C)(C)C)cc3cc2c1. The van der Waals surface area contributed by atoms with Crippen molar-refractivity contribution in [2.45, 2.75) is 85.0 Å². The molecule has 3 rings (SSSR count). The standard InChI is InChI=1S/C30H40O2/c1-28(2,3)20-30(6,7)26-14-12-22-16-21-11-13-25(18-23(21)17-24(22)19-26)29(4,5)15-9-10-27(31)32-8/h11-14,16-19H,9-10,15,20H2,1-8H3. The van der Waals surface area contributed by atoms with Crippen LogP contribution in [0, 0.1) is 5.41 Å². The smallest absolute Gasteiger partial charge is 0.305 e. The van der Waals surface area contributed by atoms with Gasteiger partial charge in [0.15, 0.2) is 0 Å². The molecule has 0 aliphatic rings. The van der Waals surface area contributed by atoms with Crippen molar-refractivity contribution >= 4 is 27.5 Å². The molecule has 0 N–H and O–H groups in total. The highest BCUT2D eigenvalue weighted by atomic mass is 16.5. The molecule has 0 amide bonds. The summed E-state index contributed by atoms with van der Waals surface area (Å²) in [6.07, 6.45) is 3.41. The molecule has 0 atom stereocenters. The number of ether oxygens (including phenoxy) is 1. The van der Waals surface area contributed by atoms with Crippen LogP contribution in [0.4, 0.5) is 0 Å². The zero-order valence-corrected chi connectivity index (χ0v) is 21.3. The monoisotopic (exact) mass is 432 g/mol. The molecular weight excluding hydrogens is 392 g/mol. The van der Waals surface area contributed by atoms with Crippen LogP contribution < -0.4 is 0 Å². The number of hydrogen-bond donors (Lipinski definition) is 0. The zero-order chi connectivity index (χ0) is 23.7. The minimum Gasteiger partial charge on any atom is -0.469 e. The Balaban J connectivity index is 1.94. The Morgan fingerprint density at radius 2 is 1.22 bits per heavy atom. The molecule has 0 aromatic heterocycles. The lowest BCUT2D eigenvalue weighted by atomic mass is 9.72. The van der Waals surface area contributed by atoms with Gasteiger partial charge in [0.25, 0.3) is 0 Å². The minimum atomic E-state index is -0.129. The summed E-state index contributed by atoms with van der Waals surface area (Å²) in [7, 11) is 1.46. The summed E-state index contributed by atoms with van der Waals surface area (Å²) in [4.78, 5) is 11.5. The fraction of sp³-hybridized carbons (Fsp3) is 0.500. The van der Waals surface area contributed by atoms with E-state index in [2.05, 4.69) is 97.0 Å². The molecule has 2 nitrogen and oxygen atoms in total. The van der Waals surface area contributed by atoms with Crippen LogP contribution in [-0.2, 0) is 20.4 Å². The van der Waals surface area contributed by atoms with Crippen molar-refractivity contribution < 1.29 is 9.53 Å². The van der Waals surface area contributed by atoms with Gasteiger partial charge in [-0.25, -0.2) is 0 Å². The van der Waals surface area contributed by atoms with Crippen molar-refractivity contribution in [2.75, 3.05) is 7.11 Å². The van der Waals surface area contributed by atoms with Crippen LogP contribution in [-0.4, -0.2) is 13.1 Å². The average Bonchev–Trinajstić information content (AvgIpc) is 2.69. The summed E-state index contributed by atoms with van der Waals surface area (Å²) >= 11 is 0. The van der Waals surface area contributed by atoms with Gasteiger partial charge in [-0.1, -0.05) is 84.9 Å². The molecule has 0 aliphatic heterocycles. The van der Waals surface area contributed by atoms with Crippen molar-refractivity contribution in [3.05, 3.63) is 59.7 Å². The third kappa shape index (κ3) is 5.71. The van der Waals surface area contributed by atoms with E-state index >= 15 is 0 Å². The summed E-state index contributed by atoms with van der Waals surface area (Å²) in [6, 6.07) is 18.4. The van der Waals surface area contributed by atoms with Crippen LogP contribution >= 0.6 is 0 Å². The van der Waals surface area contributed by atoms with Gasteiger partial charge in [-0.05, 0) is 80.3 Å². The molecule has 0 spiro atoms. The lowest BCUT2D eigenvalue weighted by Gasteiger charge is -2.33. The van der Waals surface area contributed by atoms with E-state index in [9.17, 15) is 4.79 Å². The number of benzene rings is 3. The highest BCUT2D eigenvalue weighted by molar-refractivity contribution is 5.98. The van der Waals surface area contributed by atoms with E-state index in [0.717, 1.165) is 19.3 Å². The van der Waals surface area contributed by atoms with Gasteiger partial charge in [0.05, 0.1) is 7.11 Å². The summed E-state index contributed by atoms with van der Waals surface area (Å²) in [5.41, 5.74) is 3.14. The summed E-state index contributed by atoms with van der Waals surface area (Å²) in [5, 5.41) is 5.14. The van der Waals surface area contributed by atoms with Crippen molar-refractivity contribution in [1.82, 2.24) is 0 Å². The number of carbonyl (C=O) groups is 1. The predicted molar refractivity (Wildman–Crippen MR) is 137 cm³/mol. The largest absolute Gasteiger partial charge is 0.469 e. The van der Waals surface area contributed by atoms with Crippen molar-refractivity contribution in [2.24, 2.45) is 5.41 Å². The van der Waals surface area contributed by atoms with Crippen LogP contribution in [0.1, 0.15) is 85.3 Å². The molecule has 2 heteroatoms. The fourth-order valence-electron chi connectivity index (χ4n) is 5.19. The number of fused-ring (bicyclic) bond motifs is 2. The normalized spacial score (nSPS) is 13.0. The van der Waals surface area contributed by atoms with Gasteiger partial charge in [0.1, 0.15) is 0 Å². The zero-order valence-electron chi connectivity index (χ0n) is 21.3. The van der Waals surface area contributed by atoms with Gasteiger partial charge in [-0.2, -0.15) is 0 Å². The first kappa shape index (κ1) is 24.3. The Kier molecular flexibility index (Phi) is 6.75. The third-order valence-corrected chi connectivity index (χ3v) is 6.74. The van der Waals surface area contributed by atoms with Crippen molar-refractivity contribution in [1.29, 1.82) is 0 Å². The highest BCUT2D eigenvalue weighted by Gasteiger charge is 2.27. The molecule has 0 fully saturated rings. The molecule has 0 heterocycles. The van der Waals surface area contributed by atoms with Gasteiger partial charge in [-0.3, -0.25) is 4.79 Å². The molecule has 3 aromatic rings. The van der Waals surface area contributed by atoms with Gasteiger partial charge >= 0.3 is 5.97 Å². The Hall–Kier alpha value is -2.35. The highest BCUT2D eigenvalue weighted by Crippen LogP contribution is 2.38.